The maximum absolute atomic E-state index is 12.7. The molecule has 1 aliphatic heterocycles. The van der Waals surface area contributed by atoms with Crippen LogP contribution in [0.15, 0.2) is 97.3 Å². The van der Waals surface area contributed by atoms with E-state index in [0.717, 1.165) is 58.7 Å². The number of aromatic nitrogens is 6. The highest BCUT2D eigenvalue weighted by Gasteiger charge is 2.18. The van der Waals surface area contributed by atoms with E-state index in [0.29, 0.717) is 16.6 Å². The first kappa shape index (κ1) is 25.9. The standard InChI is InChI=1S/C31H26N8O2S/c40-31(41-39-28-4-2-1-3-27(28)33-36-39)25-7-5-23(6-8-25)29-34-35-30(42-29)24-9-11-26(12-10-24)38-19-17-37(18-20-38)21-22-13-15-32-16-14-22/h1-16H,17-21H2. The lowest BCUT2D eigenvalue weighted by molar-refractivity contribution is 0.0409. The number of piperazine rings is 1. The highest BCUT2D eigenvalue weighted by atomic mass is 32.1. The number of hydrogen-bond acceptors (Lipinski definition) is 10. The van der Waals surface area contributed by atoms with Gasteiger partial charge in [0.05, 0.1) is 5.56 Å². The van der Waals surface area contributed by atoms with Gasteiger partial charge in [-0.05, 0) is 71.4 Å². The van der Waals surface area contributed by atoms with Crippen molar-refractivity contribution in [3.63, 3.8) is 0 Å². The molecule has 1 fully saturated rings. The predicted molar refractivity (Wildman–Crippen MR) is 161 cm³/mol. The number of rotatable bonds is 7. The van der Waals surface area contributed by atoms with Gasteiger partial charge in [0.15, 0.2) is 0 Å². The lowest BCUT2D eigenvalue weighted by atomic mass is 10.1. The van der Waals surface area contributed by atoms with Gasteiger partial charge in [-0.2, -0.15) is 0 Å². The van der Waals surface area contributed by atoms with Gasteiger partial charge >= 0.3 is 5.97 Å². The fourth-order valence-electron chi connectivity index (χ4n) is 4.98. The molecular formula is C31H26N8O2S. The van der Waals surface area contributed by atoms with Crippen molar-refractivity contribution in [2.45, 2.75) is 6.54 Å². The molecule has 0 N–H and O–H groups in total. The monoisotopic (exact) mass is 574 g/mol. The largest absolute Gasteiger partial charge is 0.369 e. The smallest absolute Gasteiger partial charge is 0.365 e. The van der Waals surface area contributed by atoms with Crippen molar-refractivity contribution in [2.75, 3.05) is 31.1 Å². The molecule has 0 aliphatic carbocycles. The highest BCUT2D eigenvalue weighted by molar-refractivity contribution is 7.17. The van der Waals surface area contributed by atoms with Crippen LogP contribution >= 0.6 is 11.3 Å². The molecular weight excluding hydrogens is 548 g/mol. The van der Waals surface area contributed by atoms with Gasteiger partial charge in [-0.25, -0.2) is 4.79 Å². The van der Waals surface area contributed by atoms with Gasteiger partial charge in [-0.15, -0.1) is 15.3 Å². The Labute approximate surface area is 245 Å². The normalized spacial score (nSPS) is 13.9. The molecule has 0 amide bonds. The second kappa shape index (κ2) is 11.5. The van der Waals surface area contributed by atoms with Crippen LogP contribution in [-0.4, -0.2) is 67.4 Å². The summed E-state index contributed by atoms with van der Waals surface area (Å²) in [7, 11) is 0. The Morgan fingerprint density at radius 3 is 2.14 bits per heavy atom. The van der Waals surface area contributed by atoms with E-state index in [1.54, 1.807) is 24.3 Å². The zero-order valence-electron chi connectivity index (χ0n) is 22.6. The van der Waals surface area contributed by atoms with Crippen LogP contribution in [0, 0.1) is 0 Å². The minimum atomic E-state index is -0.523. The number of para-hydroxylation sites is 1. The van der Waals surface area contributed by atoms with E-state index in [9.17, 15) is 4.79 Å². The second-order valence-electron chi connectivity index (χ2n) is 9.99. The third-order valence-corrected chi connectivity index (χ3v) is 8.31. The molecule has 0 saturated carbocycles. The minimum Gasteiger partial charge on any atom is -0.369 e. The first-order valence-corrected chi connectivity index (χ1v) is 14.4. The van der Waals surface area contributed by atoms with Gasteiger partial charge in [-0.1, -0.05) is 40.4 Å². The van der Waals surface area contributed by atoms with Crippen LogP contribution in [0.25, 0.3) is 32.2 Å². The Balaban J connectivity index is 0.968. The van der Waals surface area contributed by atoms with Gasteiger partial charge in [-0.3, -0.25) is 9.88 Å². The molecule has 1 aliphatic rings. The van der Waals surface area contributed by atoms with Crippen LogP contribution in [0.3, 0.4) is 0 Å². The van der Waals surface area contributed by atoms with E-state index in [1.807, 2.05) is 36.7 Å². The molecule has 0 atom stereocenters. The molecule has 7 rings (SSSR count). The SMILES string of the molecule is O=C(On1nnc2ccccc21)c1ccc(-c2nnc(-c3ccc(N4CCN(Cc5ccncc5)CC4)cc3)s2)cc1. The summed E-state index contributed by atoms with van der Waals surface area (Å²) in [6, 6.07) is 27.1. The zero-order valence-corrected chi connectivity index (χ0v) is 23.4. The van der Waals surface area contributed by atoms with Crippen LogP contribution in [0.5, 0.6) is 0 Å². The van der Waals surface area contributed by atoms with Crippen LogP contribution in [0.1, 0.15) is 15.9 Å². The van der Waals surface area contributed by atoms with Crippen molar-refractivity contribution in [3.8, 4) is 21.1 Å². The summed E-state index contributed by atoms with van der Waals surface area (Å²) in [5.74, 6) is -0.523. The minimum absolute atomic E-state index is 0.400. The molecule has 3 aromatic heterocycles. The van der Waals surface area contributed by atoms with Crippen molar-refractivity contribution >= 4 is 34.0 Å². The Kier molecular flexibility index (Phi) is 7.08. The molecule has 3 aromatic carbocycles. The van der Waals surface area contributed by atoms with Crippen molar-refractivity contribution in [2.24, 2.45) is 0 Å². The number of anilines is 1. The summed E-state index contributed by atoms with van der Waals surface area (Å²) in [6.45, 7) is 5.00. The van der Waals surface area contributed by atoms with Gasteiger partial charge < -0.3 is 9.74 Å². The summed E-state index contributed by atoms with van der Waals surface area (Å²) >= 11 is 1.52. The Morgan fingerprint density at radius 1 is 0.762 bits per heavy atom. The molecule has 10 nitrogen and oxygen atoms in total. The number of nitrogens with zero attached hydrogens (tertiary/aromatic N) is 8. The molecule has 0 unspecified atom stereocenters. The molecule has 11 heteroatoms. The first-order valence-electron chi connectivity index (χ1n) is 13.6. The van der Waals surface area contributed by atoms with Crippen LogP contribution in [0.4, 0.5) is 5.69 Å². The Hall–Kier alpha value is -5.00. The summed E-state index contributed by atoms with van der Waals surface area (Å²) in [5, 5.41) is 18.4. The van der Waals surface area contributed by atoms with Crippen LogP contribution in [0.2, 0.25) is 0 Å². The van der Waals surface area contributed by atoms with Crippen molar-refractivity contribution in [3.05, 3.63) is 108 Å². The third kappa shape index (κ3) is 5.47. The second-order valence-corrected chi connectivity index (χ2v) is 11.0. The van der Waals surface area contributed by atoms with Gasteiger partial charge in [0, 0.05) is 61.9 Å². The van der Waals surface area contributed by atoms with E-state index in [2.05, 4.69) is 71.7 Å². The van der Waals surface area contributed by atoms with E-state index >= 15 is 0 Å². The average Bonchev–Trinajstić information content (AvgIpc) is 3.70. The van der Waals surface area contributed by atoms with Crippen molar-refractivity contribution in [1.29, 1.82) is 0 Å². The number of hydrogen-bond donors (Lipinski definition) is 0. The van der Waals surface area contributed by atoms with E-state index in [4.69, 9.17) is 4.84 Å². The molecule has 0 bridgehead atoms. The quantitative estimate of drug-likeness (QED) is 0.253. The zero-order chi connectivity index (χ0) is 28.3. The van der Waals surface area contributed by atoms with Crippen molar-refractivity contribution < 1.29 is 9.63 Å². The third-order valence-electron chi connectivity index (χ3n) is 7.29. The average molecular weight is 575 g/mol. The number of fused-ring (bicyclic) bond motifs is 1. The number of benzene rings is 3. The summed E-state index contributed by atoms with van der Waals surface area (Å²) < 4.78 is 0. The maximum atomic E-state index is 12.7. The summed E-state index contributed by atoms with van der Waals surface area (Å²) in [4.78, 5) is 28.3. The molecule has 0 radical (unpaired) electrons. The number of carbonyl (C=O) groups excluding carboxylic acids is 1. The number of carbonyl (C=O) groups is 1. The van der Waals surface area contributed by atoms with Crippen LogP contribution in [-0.2, 0) is 6.54 Å². The Morgan fingerprint density at radius 2 is 1.43 bits per heavy atom. The fourth-order valence-corrected chi connectivity index (χ4v) is 5.83. The van der Waals surface area contributed by atoms with E-state index < -0.39 is 5.97 Å². The lowest BCUT2D eigenvalue weighted by Gasteiger charge is -2.36. The van der Waals surface area contributed by atoms with Crippen LogP contribution < -0.4 is 9.74 Å². The van der Waals surface area contributed by atoms with E-state index in [1.165, 1.54) is 22.6 Å². The van der Waals surface area contributed by atoms with Gasteiger partial charge in [0.1, 0.15) is 21.0 Å². The van der Waals surface area contributed by atoms with Crippen molar-refractivity contribution in [1.82, 2.24) is 35.2 Å². The Bertz CT molecular complexity index is 1810. The first-order chi connectivity index (χ1) is 20.7. The topological polar surface area (TPSA) is 102 Å². The van der Waals surface area contributed by atoms with Gasteiger partial charge in [0.2, 0.25) is 0 Å². The molecule has 208 valence electrons. The maximum Gasteiger partial charge on any atom is 0.365 e. The summed E-state index contributed by atoms with van der Waals surface area (Å²) in [5.41, 5.74) is 6.09. The lowest BCUT2D eigenvalue weighted by Crippen LogP contribution is -2.45. The highest BCUT2D eigenvalue weighted by Crippen LogP contribution is 2.31. The molecule has 0 spiro atoms. The molecule has 1 saturated heterocycles. The van der Waals surface area contributed by atoms with Gasteiger partial charge in [0.25, 0.3) is 0 Å². The summed E-state index contributed by atoms with van der Waals surface area (Å²) in [6.07, 6.45) is 3.71. The van der Waals surface area contributed by atoms with E-state index in [-0.39, 0.29) is 0 Å². The predicted octanol–water partition coefficient (Wildman–Crippen LogP) is 4.60. The molecule has 6 aromatic rings. The molecule has 4 heterocycles. The number of pyridine rings is 1. The fraction of sp³-hybridized carbons (Fsp3) is 0.161. The molecule has 42 heavy (non-hydrogen) atoms.